The van der Waals surface area contributed by atoms with Gasteiger partial charge in [-0.3, -0.25) is 4.79 Å². The first kappa shape index (κ1) is 13.6. The molecule has 2 rings (SSSR count). The summed E-state index contributed by atoms with van der Waals surface area (Å²) in [5, 5.41) is 4.62. The maximum Gasteiger partial charge on any atom is 0.230 e. The van der Waals surface area contributed by atoms with Gasteiger partial charge >= 0.3 is 0 Å². The second-order valence-corrected chi connectivity index (χ2v) is 6.34. The van der Waals surface area contributed by atoms with E-state index < -0.39 is 0 Å². The molecule has 0 bridgehead atoms. The molecule has 1 aromatic heterocycles. The zero-order chi connectivity index (χ0) is 13.0. The standard InChI is InChI=1S/C13H20N2O2S/c1-3-9(2)18-8-12-14-13(17-15-12)10-5-4-6-11(16)7-10/h9-10H,3-8H2,1-2H3. The molecule has 0 spiro atoms. The molecule has 100 valence electrons. The second kappa shape index (κ2) is 6.36. The van der Waals surface area contributed by atoms with Gasteiger partial charge in [0.05, 0.1) is 5.75 Å². The van der Waals surface area contributed by atoms with Crippen LogP contribution in [0.3, 0.4) is 0 Å². The maximum absolute atomic E-state index is 11.4. The SMILES string of the molecule is CCC(C)SCc1noc(C2CCCC(=O)C2)n1. The summed E-state index contributed by atoms with van der Waals surface area (Å²) in [6.45, 7) is 4.37. The van der Waals surface area contributed by atoms with Gasteiger partial charge in [0.1, 0.15) is 5.78 Å². The van der Waals surface area contributed by atoms with Gasteiger partial charge in [0, 0.05) is 24.0 Å². The predicted octanol–water partition coefficient (Wildman–Crippen LogP) is 3.33. The van der Waals surface area contributed by atoms with Gasteiger partial charge in [-0.05, 0) is 19.3 Å². The minimum atomic E-state index is 0.154. The van der Waals surface area contributed by atoms with Crippen molar-refractivity contribution < 1.29 is 9.32 Å². The largest absolute Gasteiger partial charge is 0.339 e. The Morgan fingerprint density at radius 3 is 3.11 bits per heavy atom. The zero-order valence-corrected chi connectivity index (χ0v) is 11.8. The summed E-state index contributed by atoms with van der Waals surface area (Å²) in [5.74, 6) is 2.68. The Bertz CT molecular complexity index is 405. The van der Waals surface area contributed by atoms with Gasteiger partial charge in [-0.25, -0.2) is 0 Å². The molecule has 0 radical (unpaired) electrons. The van der Waals surface area contributed by atoms with Crippen LogP contribution in [0.25, 0.3) is 0 Å². The van der Waals surface area contributed by atoms with Crippen LogP contribution < -0.4 is 0 Å². The molecule has 1 saturated carbocycles. The van der Waals surface area contributed by atoms with Crippen LogP contribution >= 0.6 is 11.8 Å². The molecular formula is C13H20N2O2S. The van der Waals surface area contributed by atoms with Crippen molar-refractivity contribution in [2.75, 3.05) is 0 Å². The van der Waals surface area contributed by atoms with E-state index in [0.717, 1.165) is 30.8 Å². The number of carbonyl (C=O) groups excluding carboxylic acids is 1. The van der Waals surface area contributed by atoms with Crippen molar-refractivity contribution in [3.8, 4) is 0 Å². The van der Waals surface area contributed by atoms with Crippen LogP contribution in [-0.4, -0.2) is 21.2 Å². The third-order valence-electron chi connectivity index (χ3n) is 3.39. The maximum atomic E-state index is 11.4. The van der Waals surface area contributed by atoms with Crippen molar-refractivity contribution in [3.05, 3.63) is 11.7 Å². The van der Waals surface area contributed by atoms with Crippen LogP contribution in [0.1, 0.15) is 63.6 Å². The van der Waals surface area contributed by atoms with Crippen molar-refractivity contribution in [2.45, 2.75) is 62.9 Å². The van der Waals surface area contributed by atoms with Gasteiger partial charge in [-0.15, -0.1) is 0 Å². The molecule has 1 aromatic rings. The molecule has 2 unspecified atom stereocenters. The minimum absolute atomic E-state index is 0.154. The fourth-order valence-corrected chi connectivity index (χ4v) is 2.85. The van der Waals surface area contributed by atoms with E-state index in [2.05, 4.69) is 24.0 Å². The van der Waals surface area contributed by atoms with Crippen molar-refractivity contribution in [2.24, 2.45) is 0 Å². The predicted molar refractivity (Wildman–Crippen MR) is 71.6 cm³/mol. The van der Waals surface area contributed by atoms with Gasteiger partial charge in [-0.1, -0.05) is 19.0 Å². The van der Waals surface area contributed by atoms with Gasteiger partial charge in [-0.2, -0.15) is 16.7 Å². The summed E-state index contributed by atoms with van der Waals surface area (Å²) in [6, 6.07) is 0. The smallest absolute Gasteiger partial charge is 0.230 e. The summed E-state index contributed by atoms with van der Waals surface area (Å²) in [4.78, 5) is 15.8. The Hall–Kier alpha value is -0.840. The van der Waals surface area contributed by atoms with Gasteiger partial charge < -0.3 is 4.52 Å². The Morgan fingerprint density at radius 1 is 1.56 bits per heavy atom. The number of hydrogen-bond donors (Lipinski definition) is 0. The van der Waals surface area contributed by atoms with Crippen molar-refractivity contribution >= 4 is 17.5 Å². The van der Waals surface area contributed by atoms with Gasteiger partial charge in [0.25, 0.3) is 0 Å². The number of hydrogen-bond acceptors (Lipinski definition) is 5. The van der Waals surface area contributed by atoms with Crippen molar-refractivity contribution in [1.82, 2.24) is 10.1 Å². The number of carbonyl (C=O) groups is 1. The lowest BCUT2D eigenvalue weighted by molar-refractivity contribution is -0.120. The molecule has 2 atom stereocenters. The van der Waals surface area contributed by atoms with E-state index in [1.807, 2.05) is 11.8 Å². The number of aromatic nitrogens is 2. The fraction of sp³-hybridized carbons (Fsp3) is 0.769. The Morgan fingerprint density at radius 2 is 2.39 bits per heavy atom. The molecule has 1 fully saturated rings. The lowest BCUT2D eigenvalue weighted by Crippen LogP contribution is -2.13. The molecule has 0 saturated heterocycles. The Labute approximate surface area is 112 Å². The van der Waals surface area contributed by atoms with E-state index in [-0.39, 0.29) is 5.92 Å². The van der Waals surface area contributed by atoms with E-state index in [4.69, 9.17) is 4.52 Å². The minimum Gasteiger partial charge on any atom is -0.339 e. The van der Waals surface area contributed by atoms with E-state index in [9.17, 15) is 4.79 Å². The highest BCUT2D eigenvalue weighted by atomic mass is 32.2. The normalized spacial score (nSPS) is 22.1. The summed E-state index contributed by atoms with van der Waals surface area (Å²) in [6.07, 6.45) is 4.36. The van der Waals surface area contributed by atoms with E-state index in [1.54, 1.807) is 0 Å². The first-order valence-corrected chi connectivity index (χ1v) is 7.69. The fourth-order valence-electron chi connectivity index (χ4n) is 2.06. The van der Waals surface area contributed by atoms with Crippen LogP contribution in [0.5, 0.6) is 0 Å². The van der Waals surface area contributed by atoms with E-state index in [1.165, 1.54) is 0 Å². The van der Waals surface area contributed by atoms with Gasteiger partial charge in [0.2, 0.25) is 5.89 Å². The molecule has 0 aliphatic heterocycles. The number of nitrogens with zero attached hydrogens (tertiary/aromatic N) is 2. The quantitative estimate of drug-likeness (QED) is 0.820. The van der Waals surface area contributed by atoms with Crippen molar-refractivity contribution in [3.63, 3.8) is 0 Å². The molecule has 5 heteroatoms. The molecule has 0 N–H and O–H groups in total. The lowest BCUT2D eigenvalue weighted by Gasteiger charge is -2.16. The highest BCUT2D eigenvalue weighted by Crippen LogP contribution is 2.30. The van der Waals surface area contributed by atoms with E-state index in [0.29, 0.717) is 29.8 Å². The van der Waals surface area contributed by atoms with Gasteiger partial charge in [0.15, 0.2) is 5.82 Å². The molecule has 0 aromatic carbocycles. The third-order valence-corrected chi connectivity index (χ3v) is 4.71. The molecule has 1 aliphatic carbocycles. The third kappa shape index (κ3) is 3.57. The highest BCUT2D eigenvalue weighted by Gasteiger charge is 2.25. The molecular weight excluding hydrogens is 248 g/mol. The van der Waals surface area contributed by atoms with Crippen LogP contribution in [0.15, 0.2) is 4.52 Å². The molecule has 4 nitrogen and oxygen atoms in total. The molecule has 0 amide bonds. The number of thioether (sulfide) groups is 1. The number of ketones is 1. The highest BCUT2D eigenvalue weighted by molar-refractivity contribution is 7.99. The van der Waals surface area contributed by atoms with Crippen LogP contribution in [-0.2, 0) is 10.5 Å². The van der Waals surface area contributed by atoms with Crippen LogP contribution in [0, 0.1) is 0 Å². The lowest BCUT2D eigenvalue weighted by atomic mass is 9.88. The first-order chi connectivity index (χ1) is 8.69. The second-order valence-electron chi connectivity index (χ2n) is 4.91. The average Bonchev–Trinajstić information content (AvgIpc) is 2.84. The molecule has 1 heterocycles. The van der Waals surface area contributed by atoms with Crippen LogP contribution in [0.2, 0.25) is 0 Å². The summed E-state index contributed by atoms with van der Waals surface area (Å²) < 4.78 is 5.29. The monoisotopic (exact) mass is 268 g/mol. The van der Waals surface area contributed by atoms with Crippen LogP contribution in [0.4, 0.5) is 0 Å². The Kier molecular flexibility index (Phi) is 4.80. The molecule has 1 aliphatic rings. The Balaban J connectivity index is 1.91. The molecule has 18 heavy (non-hydrogen) atoms. The van der Waals surface area contributed by atoms with Crippen molar-refractivity contribution in [1.29, 1.82) is 0 Å². The topological polar surface area (TPSA) is 56.0 Å². The number of Topliss-reactive ketones (excluding diaryl/α,β-unsaturated/α-hetero) is 1. The summed E-state index contributed by atoms with van der Waals surface area (Å²) in [7, 11) is 0. The van der Waals surface area contributed by atoms with E-state index >= 15 is 0 Å². The number of rotatable bonds is 5. The first-order valence-electron chi connectivity index (χ1n) is 6.64. The average molecular weight is 268 g/mol. The summed E-state index contributed by atoms with van der Waals surface area (Å²) >= 11 is 1.84. The zero-order valence-electron chi connectivity index (χ0n) is 11.0. The summed E-state index contributed by atoms with van der Waals surface area (Å²) in [5.41, 5.74) is 0.